The van der Waals surface area contributed by atoms with Crippen LogP contribution in [0.25, 0.3) is 0 Å². The highest BCUT2D eigenvalue weighted by Crippen LogP contribution is 2.35. The van der Waals surface area contributed by atoms with Crippen LogP contribution in [0.15, 0.2) is 0 Å². The number of aliphatic hydroxyl groups excluding tert-OH is 10. The Kier molecular flexibility index (Phi) is 14.5. The Bertz CT molecular complexity index is 1120. The van der Waals surface area contributed by atoms with Crippen LogP contribution < -0.4 is 28.7 Å². The van der Waals surface area contributed by atoms with Crippen molar-refractivity contribution in [3.63, 3.8) is 0 Å². The fourth-order valence-corrected chi connectivity index (χ4v) is 7.16. The summed E-state index contributed by atoms with van der Waals surface area (Å²) in [5.41, 5.74) is 30.8. The van der Waals surface area contributed by atoms with Gasteiger partial charge in [0.1, 0.15) is 79.4 Å². The number of aliphatic hydroxyl groups is 10. The molecular weight excluding hydrogens is 706 g/mol. The SMILES string of the molecule is NC[C@@H]1O[C@H](O[C@H]2[C@@H](O)[C@@H](O[C@@H]3[C@H](O)[C@H](N)C[C@H](N)[C@@H]3O[C@@H]3O[C@H](CO)[C@H](O)C[C@@H]3N)O[C@H]2CO)[C@H](N)[C@H](O)[C@H]1O[C@H]1O[C@@H](CO)[C@H](O)[C@@H](O)[C@@H]1O. The first-order valence-electron chi connectivity index (χ1n) is 17.2. The van der Waals surface area contributed by atoms with Crippen LogP contribution in [0.3, 0.4) is 0 Å². The van der Waals surface area contributed by atoms with Gasteiger partial charge in [-0.25, -0.2) is 0 Å². The van der Waals surface area contributed by atoms with Gasteiger partial charge in [-0.15, -0.1) is 0 Å². The lowest BCUT2D eigenvalue weighted by Gasteiger charge is -2.47. The van der Waals surface area contributed by atoms with Gasteiger partial charge < -0.3 is 118 Å². The molecule has 0 aromatic heterocycles. The molecule has 23 heteroatoms. The summed E-state index contributed by atoms with van der Waals surface area (Å²) in [7, 11) is 0. The molecule has 1 saturated carbocycles. The van der Waals surface area contributed by atoms with Crippen LogP contribution in [0.2, 0.25) is 0 Å². The summed E-state index contributed by atoms with van der Waals surface area (Å²) in [4.78, 5) is 0. The molecule has 0 bridgehead atoms. The van der Waals surface area contributed by atoms with Crippen molar-refractivity contribution in [1.82, 2.24) is 0 Å². The van der Waals surface area contributed by atoms with Gasteiger partial charge in [-0.3, -0.25) is 0 Å². The van der Waals surface area contributed by atoms with E-state index in [1.54, 1.807) is 0 Å². The minimum Gasteiger partial charge on any atom is -0.394 e. The van der Waals surface area contributed by atoms with Gasteiger partial charge in [-0.2, -0.15) is 0 Å². The molecule has 4 saturated heterocycles. The standard InChI is InChI=1S/C29H55N5O18/c30-3-11-23(51-28-20(43)19(42)17(40)13(5-36)47-28)18(41)15(34)27(45-11)50-24-14(6-37)48-29(21(24)44)52-25-16(39)7(31)1-8(32)22(25)49-26-9(33)2-10(38)12(4-35)46-26/h7-29,35-44H,1-6,30-34H2/t7-,8+,9+,10-,11+,12-,13+,14+,15-,16-,17+,18+,19-,20+,21-,22+,23+,24-,25-,26+,27-,28-,29-/m1/s1. The molecule has 4 heterocycles. The smallest absolute Gasteiger partial charge is 0.187 e. The van der Waals surface area contributed by atoms with Gasteiger partial charge in [-0.1, -0.05) is 0 Å². The molecule has 0 spiro atoms. The zero-order valence-corrected chi connectivity index (χ0v) is 28.1. The normalized spacial score (nSPS) is 53.2. The molecule has 5 aliphatic rings. The van der Waals surface area contributed by atoms with E-state index in [0.717, 1.165) is 0 Å². The van der Waals surface area contributed by atoms with Gasteiger partial charge in [0.2, 0.25) is 0 Å². The van der Waals surface area contributed by atoms with Crippen LogP contribution in [0, 0.1) is 0 Å². The second-order valence-corrected chi connectivity index (χ2v) is 13.9. The second-order valence-electron chi connectivity index (χ2n) is 13.9. The number of hydrogen-bond donors (Lipinski definition) is 15. The van der Waals surface area contributed by atoms with Gasteiger partial charge in [0.25, 0.3) is 0 Å². The quantitative estimate of drug-likeness (QED) is 0.0877. The van der Waals surface area contributed by atoms with E-state index in [-0.39, 0.29) is 19.4 Å². The maximum atomic E-state index is 11.4. The van der Waals surface area contributed by atoms with Crippen molar-refractivity contribution in [3.05, 3.63) is 0 Å². The third kappa shape index (κ3) is 8.57. The van der Waals surface area contributed by atoms with Crippen molar-refractivity contribution in [2.45, 2.75) is 154 Å². The molecule has 4 aliphatic heterocycles. The Balaban J connectivity index is 1.26. The Hall–Kier alpha value is -0.920. The Morgan fingerprint density at radius 2 is 0.962 bits per heavy atom. The molecule has 20 N–H and O–H groups in total. The van der Waals surface area contributed by atoms with Crippen LogP contribution in [0.5, 0.6) is 0 Å². The van der Waals surface area contributed by atoms with Crippen LogP contribution >= 0.6 is 0 Å². The third-order valence-corrected chi connectivity index (χ3v) is 10.3. The highest BCUT2D eigenvalue weighted by Gasteiger charge is 2.55. The first-order valence-corrected chi connectivity index (χ1v) is 17.2. The Morgan fingerprint density at radius 3 is 1.60 bits per heavy atom. The average molecular weight is 762 g/mol. The number of hydrogen-bond acceptors (Lipinski definition) is 23. The maximum absolute atomic E-state index is 11.4. The molecule has 304 valence electrons. The molecule has 1 aliphatic carbocycles. The Morgan fingerprint density at radius 1 is 0.442 bits per heavy atom. The zero-order valence-electron chi connectivity index (χ0n) is 28.1. The Labute approximate surface area is 297 Å². The molecular formula is C29H55N5O18. The summed E-state index contributed by atoms with van der Waals surface area (Å²) in [6.07, 6.45) is -26.9. The van der Waals surface area contributed by atoms with Crippen LogP contribution in [0.1, 0.15) is 12.8 Å². The van der Waals surface area contributed by atoms with E-state index in [9.17, 15) is 51.1 Å². The zero-order chi connectivity index (χ0) is 38.2. The van der Waals surface area contributed by atoms with E-state index in [0.29, 0.717) is 0 Å². The lowest BCUT2D eigenvalue weighted by atomic mass is 9.84. The van der Waals surface area contributed by atoms with Gasteiger partial charge >= 0.3 is 0 Å². The van der Waals surface area contributed by atoms with Crippen molar-refractivity contribution in [3.8, 4) is 0 Å². The molecule has 0 amide bonds. The highest BCUT2D eigenvalue weighted by molar-refractivity contribution is 5.02. The largest absolute Gasteiger partial charge is 0.394 e. The van der Waals surface area contributed by atoms with Crippen molar-refractivity contribution >= 4 is 0 Å². The summed E-state index contributed by atoms with van der Waals surface area (Å²) >= 11 is 0. The van der Waals surface area contributed by atoms with Gasteiger partial charge in [0, 0.05) is 18.6 Å². The van der Waals surface area contributed by atoms with Crippen molar-refractivity contribution in [2.75, 3.05) is 26.4 Å². The summed E-state index contributed by atoms with van der Waals surface area (Å²) in [6.45, 7) is -2.26. The highest BCUT2D eigenvalue weighted by atomic mass is 16.8. The fraction of sp³-hybridized carbons (Fsp3) is 1.00. The minimum atomic E-state index is -1.80. The van der Waals surface area contributed by atoms with Crippen LogP contribution in [-0.2, 0) is 37.9 Å². The van der Waals surface area contributed by atoms with Gasteiger partial charge in [-0.05, 0) is 12.8 Å². The molecule has 0 aromatic carbocycles. The lowest BCUT2D eigenvalue weighted by molar-refractivity contribution is -0.348. The third-order valence-electron chi connectivity index (χ3n) is 10.3. The lowest BCUT2D eigenvalue weighted by Crippen LogP contribution is -2.67. The molecule has 5 rings (SSSR count). The topological polar surface area (TPSA) is 406 Å². The summed E-state index contributed by atoms with van der Waals surface area (Å²) in [5.74, 6) is 0. The molecule has 23 nitrogen and oxygen atoms in total. The molecule has 0 aromatic rings. The predicted molar refractivity (Wildman–Crippen MR) is 168 cm³/mol. The molecule has 52 heavy (non-hydrogen) atoms. The van der Waals surface area contributed by atoms with Crippen LogP contribution in [0.4, 0.5) is 0 Å². The molecule has 0 radical (unpaired) electrons. The van der Waals surface area contributed by atoms with E-state index in [1.165, 1.54) is 0 Å². The maximum Gasteiger partial charge on any atom is 0.187 e. The molecule has 23 atom stereocenters. The van der Waals surface area contributed by atoms with Gasteiger partial charge in [0.15, 0.2) is 25.2 Å². The van der Waals surface area contributed by atoms with E-state index in [1.807, 2.05) is 0 Å². The van der Waals surface area contributed by atoms with Crippen molar-refractivity contribution < 1.29 is 89.0 Å². The van der Waals surface area contributed by atoms with Crippen molar-refractivity contribution in [1.29, 1.82) is 0 Å². The summed E-state index contributed by atoms with van der Waals surface area (Å²) in [5, 5.41) is 104. The van der Waals surface area contributed by atoms with E-state index < -0.39 is 161 Å². The van der Waals surface area contributed by atoms with Crippen molar-refractivity contribution in [2.24, 2.45) is 28.7 Å². The van der Waals surface area contributed by atoms with Gasteiger partial charge in [0.05, 0.1) is 44.1 Å². The second kappa shape index (κ2) is 17.9. The summed E-state index contributed by atoms with van der Waals surface area (Å²) < 4.78 is 46.4. The summed E-state index contributed by atoms with van der Waals surface area (Å²) in [6, 6.07) is -4.01. The number of rotatable bonds is 12. The number of nitrogens with two attached hydrogens (primary N) is 5. The van der Waals surface area contributed by atoms with E-state index in [4.69, 9.17) is 66.6 Å². The first-order chi connectivity index (χ1) is 24.6. The number of ether oxygens (including phenoxy) is 8. The van der Waals surface area contributed by atoms with Crippen LogP contribution in [-0.4, -0.2) is 218 Å². The van der Waals surface area contributed by atoms with E-state index >= 15 is 0 Å². The minimum absolute atomic E-state index is 0.0266. The molecule has 0 unspecified atom stereocenters. The predicted octanol–water partition coefficient (Wildman–Crippen LogP) is -10.0. The fourth-order valence-electron chi connectivity index (χ4n) is 7.16. The molecule has 5 fully saturated rings. The first kappa shape index (κ1) is 42.2. The monoisotopic (exact) mass is 761 g/mol. The van der Waals surface area contributed by atoms with E-state index in [2.05, 4.69) is 0 Å². The average Bonchev–Trinajstić information content (AvgIpc) is 3.41.